The first-order valence-corrected chi connectivity index (χ1v) is 8.34. The van der Waals surface area contributed by atoms with Gasteiger partial charge in [0, 0.05) is 6.61 Å². The molecule has 2 aromatic heterocycles. The quantitative estimate of drug-likeness (QED) is 0.488. The number of hydrogen-bond acceptors (Lipinski definition) is 8. The number of hydrogen-bond donors (Lipinski definition) is 4. The van der Waals surface area contributed by atoms with Crippen molar-refractivity contribution in [1.29, 1.82) is 0 Å². The summed E-state index contributed by atoms with van der Waals surface area (Å²) in [6, 6.07) is 0. The first kappa shape index (κ1) is 17.8. The molecule has 4 atom stereocenters. The molecule has 5 N–H and O–H groups in total. The second-order valence-electron chi connectivity index (χ2n) is 6.10. The van der Waals surface area contributed by atoms with Crippen LogP contribution in [0.5, 0.6) is 0 Å². The van der Waals surface area contributed by atoms with Gasteiger partial charge < -0.3 is 25.4 Å². The Hall–Kier alpha value is -2.01. The van der Waals surface area contributed by atoms with Crippen molar-refractivity contribution in [3.05, 3.63) is 16.7 Å². The minimum Gasteiger partial charge on any atom is -0.387 e. The number of ether oxygens (including phenoxy) is 2. The second kappa shape index (κ2) is 7.48. The minimum atomic E-state index is -1.20. The summed E-state index contributed by atoms with van der Waals surface area (Å²) in [4.78, 5) is 22.2. The number of rotatable bonds is 7. The molecule has 0 aliphatic carbocycles. The van der Waals surface area contributed by atoms with Gasteiger partial charge in [-0.05, 0) is 6.42 Å². The summed E-state index contributed by atoms with van der Waals surface area (Å²) in [6.07, 6.45) is 0.492. The molecular weight excluding hydrogens is 330 g/mol. The SMILES string of the molecule is CCCCCOC[C@H]1O[C@@H](n2cnc3c(=O)[nH]c(N)nc32)[C@H](O)[C@@H]1O. The van der Waals surface area contributed by atoms with Crippen LogP contribution in [0.25, 0.3) is 11.2 Å². The lowest BCUT2D eigenvalue weighted by Gasteiger charge is -2.16. The van der Waals surface area contributed by atoms with Gasteiger partial charge in [-0.15, -0.1) is 0 Å². The normalized spacial score (nSPS) is 26.5. The zero-order valence-electron chi connectivity index (χ0n) is 14.0. The van der Waals surface area contributed by atoms with E-state index in [1.54, 1.807) is 0 Å². The topological polar surface area (TPSA) is 149 Å². The standard InChI is InChI=1S/C15H23N5O5/c1-2-3-4-5-24-6-8-10(21)11(22)14(25-8)20-7-17-9-12(20)18-15(16)19-13(9)23/h7-8,10-11,14,21-22H,2-6H2,1H3,(H3,16,18,19,23)/t8-,10-,11-,14-/m1/s1. The van der Waals surface area contributed by atoms with Gasteiger partial charge in [0.25, 0.3) is 5.56 Å². The monoisotopic (exact) mass is 353 g/mol. The van der Waals surface area contributed by atoms with E-state index in [4.69, 9.17) is 15.2 Å². The molecule has 1 aliphatic heterocycles. The lowest BCUT2D eigenvalue weighted by atomic mass is 10.1. The fourth-order valence-corrected chi connectivity index (χ4v) is 2.88. The van der Waals surface area contributed by atoms with E-state index >= 15 is 0 Å². The van der Waals surface area contributed by atoms with E-state index in [1.807, 2.05) is 0 Å². The summed E-state index contributed by atoms with van der Waals surface area (Å²) < 4.78 is 12.6. The number of imidazole rings is 1. The maximum atomic E-state index is 11.8. The highest BCUT2D eigenvalue weighted by atomic mass is 16.6. The van der Waals surface area contributed by atoms with Crippen molar-refractivity contribution >= 4 is 17.1 Å². The first-order chi connectivity index (χ1) is 12.0. The fourth-order valence-electron chi connectivity index (χ4n) is 2.88. The number of nitrogens with zero attached hydrogens (tertiary/aromatic N) is 3. The average Bonchev–Trinajstić information content (AvgIpc) is 3.11. The third-order valence-corrected chi connectivity index (χ3v) is 4.24. The first-order valence-electron chi connectivity index (χ1n) is 8.34. The number of aliphatic hydroxyl groups excluding tert-OH is 2. The molecule has 0 radical (unpaired) electrons. The van der Waals surface area contributed by atoms with Crippen molar-refractivity contribution in [1.82, 2.24) is 19.5 Å². The number of fused-ring (bicyclic) bond motifs is 1. The zero-order valence-corrected chi connectivity index (χ0v) is 14.0. The highest BCUT2D eigenvalue weighted by Crippen LogP contribution is 2.31. The predicted molar refractivity (Wildman–Crippen MR) is 88.8 cm³/mol. The van der Waals surface area contributed by atoms with Gasteiger partial charge in [0.2, 0.25) is 5.95 Å². The number of aromatic nitrogens is 4. The highest BCUT2D eigenvalue weighted by molar-refractivity contribution is 5.70. The molecular formula is C15H23N5O5. The molecule has 2 aromatic rings. The highest BCUT2D eigenvalue weighted by Gasteiger charge is 2.44. The van der Waals surface area contributed by atoms with Crippen LogP contribution in [0, 0.1) is 0 Å². The van der Waals surface area contributed by atoms with Crippen molar-refractivity contribution in [2.24, 2.45) is 0 Å². The van der Waals surface area contributed by atoms with Crippen LogP contribution in [0.1, 0.15) is 32.4 Å². The Morgan fingerprint density at radius 2 is 2.20 bits per heavy atom. The van der Waals surface area contributed by atoms with Crippen molar-refractivity contribution in [2.45, 2.75) is 50.7 Å². The molecule has 0 amide bonds. The summed E-state index contributed by atoms with van der Waals surface area (Å²) in [6.45, 7) is 2.84. The summed E-state index contributed by atoms with van der Waals surface area (Å²) in [5.41, 5.74) is 5.35. The van der Waals surface area contributed by atoms with Crippen LogP contribution < -0.4 is 11.3 Å². The number of nitrogens with one attached hydrogen (secondary N) is 1. The van der Waals surface area contributed by atoms with Gasteiger partial charge in [-0.3, -0.25) is 14.3 Å². The van der Waals surface area contributed by atoms with Gasteiger partial charge in [0.15, 0.2) is 17.4 Å². The van der Waals surface area contributed by atoms with Crippen molar-refractivity contribution in [2.75, 3.05) is 18.9 Å². The van der Waals surface area contributed by atoms with E-state index < -0.39 is 30.1 Å². The van der Waals surface area contributed by atoms with E-state index in [-0.39, 0.29) is 23.7 Å². The third-order valence-electron chi connectivity index (χ3n) is 4.24. The maximum Gasteiger partial charge on any atom is 0.280 e. The minimum absolute atomic E-state index is 0.0666. The van der Waals surface area contributed by atoms with Gasteiger partial charge in [-0.1, -0.05) is 19.8 Å². The van der Waals surface area contributed by atoms with Gasteiger partial charge >= 0.3 is 0 Å². The number of H-pyrrole nitrogens is 1. The summed E-state index contributed by atoms with van der Waals surface area (Å²) in [5.74, 6) is -0.0666. The molecule has 10 nitrogen and oxygen atoms in total. The van der Waals surface area contributed by atoms with E-state index in [1.165, 1.54) is 10.9 Å². The van der Waals surface area contributed by atoms with Crippen molar-refractivity contribution in [3.63, 3.8) is 0 Å². The molecule has 138 valence electrons. The second-order valence-corrected chi connectivity index (χ2v) is 6.10. The summed E-state index contributed by atoms with van der Waals surface area (Å²) in [5, 5.41) is 20.5. The Balaban J connectivity index is 1.74. The van der Waals surface area contributed by atoms with Crippen LogP contribution in [0.2, 0.25) is 0 Å². The van der Waals surface area contributed by atoms with E-state index in [0.29, 0.717) is 6.61 Å². The number of nitrogen functional groups attached to an aromatic ring is 1. The van der Waals surface area contributed by atoms with Crippen LogP contribution >= 0.6 is 0 Å². The Labute approximate surface area is 143 Å². The molecule has 3 heterocycles. The van der Waals surface area contributed by atoms with Gasteiger partial charge in [-0.25, -0.2) is 4.98 Å². The van der Waals surface area contributed by atoms with Gasteiger partial charge in [0.1, 0.15) is 18.3 Å². The molecule has 1 aliphatic rings. The molecule has 0 spiro atoms. The van der Waals surface area contributed by atoms with Crippen LogP contribution in [-0.2, 0) is 9.47 Å². The molecule has 1 fully saturated rings. The zero-order chi connectivity index (χ0) is 18.0. The predicted octanol–water partition coefficient (Wildman–Crippen LogP) is -0.472. The Morgan fingerprint density at radius 3 is 2.96 bits per heavy atom. The molecule has 0 unspecified atom stereocenters. The average molecular weight is 353 g/mol. The molecule has 0 saturated carbocycles. The maximum absolute atomic E-state index is 11.8. The Bertz CT molecular complexity index is 775. The van der Waals surface area contributed by atoms with E-state index in [2.05, 4.69) is 21.9 Å². The molecule has 0 aromatic carbocycles. The van der Waals surface area contributed by atoms with Gasteiger partial charge in [0.05, 0.1) is 12.9 Å². The molecule has 1 saturated heterocycles. The number of aromatic amines is 1. The van der Waals surface area contributed by atoms with Crippen LogP contribution in [0.15, 0.2) is 11.1 Å². The molecule has 0 bridgehead atoms. The summed E-state index contributed by atoms with van der Waals surface area (Å²) in [7, 11) is 0. The van der Waals surface area contributed by atoms with Crippen LogP contribution in [-0.4, -0.2) is 61.3 Å². The van der Waals surface area contributed by atoms with E-state index in [0.717, 1.165) is 19.3 Å². The summed E-state index contributed by atoms with van der Waals surface area (Å²) >= 11 is 0. The number of nitrogens with two attached hydrogens (primary N) is 1. The molecule has 3 rings (SSSR count). The largest absolute Gasteiger partial charge is 0.387 e. The van der Waals surface area contributed by atoms with Crippen molar-refractivity contribution in [3.8, 4) is 0 Å². The van der Waals surface area contributed by atoms with Gasteiger partial charge in [-0.2, -0.15) is 4.98 Å². The molecule has 10 heteroatoms. The lowest BCUT2D eigenvalue weighted by molar-refractivity contribution is -0.0656. The third kappa shape index (κ3) is 3.52. The number of aliphatic hydroxyl groups is 2. The fraction of sp³-hybridized carbons (Fsp3) is 0.667. The molecule has 25 heavy (non-hydrogen) atoms. The number of unbranched alkanes of at least 4 members (excludes halogenated alkanes) is 2. The lowest BCUT2D eigenvalue weighted by Crippen LogP contribution is -2.34. The van der Waals surface area contributed by atoms with Crippen molar-refractivity contribution < 1.29 is 19.7 Å². The Kier molecular flexibility index (Phi) is 5.33. The van der Waals surface area contributed by atoms with Crippen LogP contribution in [0.3, 0.4) is 0 Å². The number of anilines is 1. The van der Waals surface area contributed by atoms with E-state index in [9.17, 15) is 15.0 Å². The van der Waals surface area contributed by atoms with Crippen LogP contribution in [0.4, 0.5) is 5.95 Å². The Morgan fingerprint density at radius 1 is 1.40 bits per heavy atom. The smallest absolute Gasteiger partial charge is 0.280 e.